The van der Waals surface area contributed by atoms with E-state index in [4.69, 9.17) is 16.3 Å². The fourth-order valence-electron chi connectivity index (χ4n) is 1.79. The van der Waals surface area contributed by atoms with Gasteiger partial charge in [0.25, 0.3) is 5.91 Å². The van der Waals surface area contributed by atoms with E-state index in [1.165, 1.54) is 0 Å². The van der Waals surface area contributed by atoms with Crippen LogP contribution in [0.3, 0.4) is 0 Å². The molecule has 0 aliphatic rings. The quantitative estimate of drug-likeness (QED) is 0.913. The maximum atomic E-state index is 11.8. The Morgan fingerprint density at radius 2 is 1.80 bits per heavy atom. The summed E-state index contributed by atoms with van der Waals surface area (Å²) in [7, 11) is 0. The van der Waals surface area contributed by atoms with Crippen LogP contribution in [0.4, 0.5) is 0 Å². The molecule has 0 spiro atoms. The maximum absolute atomic E-state index is 11.8. The normalized spacial score (nSPS) is 11.7. The van der Waals surface area contributed by atoms with Crippen LogP contribution in [0.1, 0.15) is 18.5 Å². The molecule has 0 saturated heterocycles. The molecule has 0 heterocycles. The highest BCUT2D eigenvalue weighted by Gasteiger charge is 2.09. The van der Waals surface area contributed by atoms with Crippen LogP contribution in [-0.4, -0.2) is 12.5 Å². The SMILES string of the molecule is CC(NC(=O)COc1ccc(Cl)cc1)c1ccccc1. The number of amides is 1. The number of benzene rings is 2. The van der Waals surface area contributed by atoms with E-state index in [0.717, 1.165) is 5.56 Å². The Kier molecular flexibility index (Phi) is 5.02. The minimum absolute atomic E-state index is 0.0151. The van der Waals surface area contributed by atoms with Crippen LogP contribution < -0.4 is 10.1 Å². The number of rotatable bonds is 5. The van der Waals surface area contributed by atoms with Gasteiger partial charge in [0.15, 0.2) is 6.61 Å². The van der Waals surface area contributed by atoms with Gasteiger partial charge in [-0.2, -0.15) is 0 Å². The van der Waals surface area contributed by atoms with Gasteiger partial charge in [0.2, 0.25) is 0 Å². The lowest BCUT2D eigenvalue weighted by molar-refractivity contribution is -0.123. The number of ether oxygens (including phenoxy) is 1. The highest BCUT2D eigenvalue weighted by Crippen LogP contribution is 2.15. The van der Waals surface area contributed by atoms with Crippen LogP contribution in [0.15, 0.2) is 54.6 Å². The van der Waals surface area contributed by atoms with Crippen molar-refractivity contribution in [2.24, 2.45) is 0 Å². The van der Waals surface area contributed by atoms with Crippen LogP contribution >= 0.6 is 11.6 Å². The second kappa shape index (κ2) is 6.96. The first-order valence-corrected chi connectivity index (χ1v) is 6.75. The summed E-state index contributed by atoms with van der Waals surface area (Å²) < 4.78 is 5.39. The molecule has 0 aliphatic carbocycles. The Morgan fingerprint density at radius 1 is 1.15 bits per heavy atom. The zero-order chi connectivity index (χ0) is 14.4. The second-order valence-corrected chi connectivity index (χ2v) is 4.88. The van der Waals surface area contributed by atoms with Crippen molar-refractivity contribution in [1.82, 2.24) is 5.32 Å². The third kappa shape index (κ3) is 4.28. The van der Waals surface area contributed by atoms with Gasteiger partial charge < -0.3 is 10.1 Å². The molecule has 4 heteroatoms. The van der Waals surface area contributed by atoms with Crippen LogP contribution in [0.2, 0.25) is 5.02 Å². The molecular formula is C16H16ClNO2. The summed E-state index contributed by atoms with van der Waals surface area (Å²) in [4.78, 5) is 11.8. The molecule has 0 bridgehead atoms. The fraction of sp³-hybridized carbons (Fsp3) is 0.188. The van der Waals surface area contributed by atoms with E-state index >= 15 is 0 Å². The van der Waals surface area contributed by atoms with Crippen LogP contribution in [0, 0.1) is 0 Å². The monoisotopic (exact) mass is 289 g/mol. The van der Waals surface area contributed by atoms with Gasteiger partial charge in [0.05, 0.1) is 6.04 Å². The van der Waals surface area contributed by atoms with Gasteiger partial charge in [-0.1, -0.05) is 41.9 Å². The third-order valence-corrected chi connectivity index (χ3v) is 3.11. The van der Waals surface area contributed by atoms with E-state index in [1.54, 1.807) is 24.3 Å². The molecular weight excluding hydrogens is 274 g/mol. The molecule has 1 unspecified atom stereocenters. The Morgan fingerprint density at radius 3 is 2.45 bits per heavy atom. The Balaban J connectivity index is 1.82. The zero-order valence-electron chi connectivity index (χ0n) is 11.2. The van der Waals surface area contributed by atoms with E-state index in [0.29, 0.717) is 10.8 Å². The van der Waals surface area contributed by atoms with Gasteiger partial charge in [0, 0.05) is 5.02 Å². The predicted molar refractivity (Wildman–Crippen MR) is 79.9 cm³/mol. The fourth-order valence-corrected chi connectivity index (χ4v) is 1.91. The van der Waals surface area contributed by atoms with Crippen LogP contribution in [-0.2, 0) is 4.79 Å². The number of carbonyl (C=O) groups excluding carboxylic acids is 1. The van der Waals surface area contributed by atoms with E-state index in [2.05, 4.69) is 5.32 Å². The highest BCUT2D eigenvalue weighted by atomic mass is 35.5. The molecule has 104 valence electrons. The molecule has 1 N–H and O–H groups in total. The summed E-state index contributed by atoms with van der Waals surface area (Å²) in [5, 5.41) is 3.53. The first-order chi connectivity index (χ1) is 9.65. The lowest BCUT2D eigenvalue weighted by Crippen LogP contribution is -2.31. The minimum Gasteiger partial charge on any atom is -0.484 e. The summed E-state index contributed by atoms with van der Waals surface area (Å²) in [6.07, 6.45) is 0. The Hall–Kier alpha value is -2.00. The topological polar surface area (TPSA) is 38.3 Å². The number of nitrogens with one attached hydrogen (secondary N) is 1. The number of halogens is 1. The first kappa shape index (κ1) is 14.4. The molecule has 1 atom stereocenters. The Labute approximate surface area is 123 Å². The van der Waals surface area contributed by atoms with E-state index < -0.39 is 0 Å². The van der Waals surface area contributed by atoms with Gasteiger partial charge >= 0.3 is 0 Å². The van der Waals surface area contributed by atoms with Gasteiger partial charge in [-0.05, 0) is 36.8 Å². The van der Waals surface area contributed by atoms with Gasteiger partial charge in [0.1, 0.15) is 5.75 Å². The van der Waals surface area contributed by atoms with Gasteiger partial charge in [-0.25, -0.2) is 0 Å². The molecule has 0 aromatic heterocycles. The average molecular weight is 290 g/mol. The largest absolute Gasteiger partial charge is 0.484 e. The summed E-state index contributed by atoms with van der Waals surface area (Å²) in [5.41, 5.74) is 1.06. The number of carbonyl (C=O) groups is 1. The van der Waals surface area contributed by atoms with Gasteiger partial charge in [-0.15, -0.1) is 0 Å². The molecule has 3 nitrogen and oxygen atoms in total. The molecule has 1 amide bonds. The molecule has 2 rings (SSSR count). The van der Waals surface area contributed by atoms with E-state index in [-0.39, 0.29) is 18.6 Å². The minimum atomic E-state index is -0.156. The van der Waals surface area contributed by atoms with Crippen molar-refractivity contribution in [1.29, 1.82) is 0 Å². The van der Waals surface area contributed by atoms with Crippen molar-refractivity contribution in [2.45, 2.75) is 13.0 Å². The predicted octanol–water partition coefficient (Wildman–Crippen LogP) is 3.60. The lowest BCUT2D eigenvalue weighted by Gasteiger charge is -2.14. The van der Waals surface area contributed by atoms with E-state index in [9.17, 15) is 4.79 Å². The van der Waals surface area contributed by atoms with Crippen LogP contribution in [0.25, 0.3) is 0 Å². The molecule has 2 aromatic carbocycles. The van der Waals surface area contributed by atoms with Crippen molar-refractivity contribution < 1.29 is 9.53 Å². The number of hydrogen-bond acceptors (Lipinski definition) is 2. The zero-order valence-corrected chi connectivity index (χ0v) is 11.9. The molecule has 20 heavy (non-hydrogen) atoms. The lowest BCUT2D eigenvalue weighted by atomic mass is 10.1. The van der Waals surface area contributed by atoms with Crippen molar-refractivity contribution in [3.8, 4) is 5.75 Å². The summed E-state index contributed by atoms with van der Waals surface area (Å²) in [6.45, 7) is 1.92. The van der Waals surface area contributed by atoms with Crippen molar-refractivity contribution in [2.75, 3.05) is 6.61 Å². The molecule has 0 fully saturated rings. The molecule has 0 radical (unpaired) electrons. The Bertz CT molecular complexity index is 554. The molecule has 0 saturated carbocycles. The summed E-state index contributed by atoms with van der Waals surface area (Å²) in [6, 6.07) is 16.7. The standard InChI is InChI=1S/C16H16ClNO2/c1-12(13-5-3-2-4-6-13)18-16(19)11-20-15-9-7-14(17)8-10-15/h2-10,12H,11H2,1H3,(H,18,19). The third-order valence-electron chi connectivity index (χ3n) is 2.86. The molecule has 0 aliphatic heterocycles. The van der Waals surface area contributed by atoms with Gasteiger partial charge in [-0.3, -0.25) is 4.79 Å². The van der Waals surface area contributed by atoms with Crippen molar-refractivity contribution in [3.63, 3.8) is 0 Å². The molecule has 2 aromatic rings. The summed E-state index contributed by atoms with van der Waals surface area (Å²) >= 11 is 5.78. The van der Waals surface area contributed by atoms with Crippen molar-refractivity contribution in [3.05, 3.63) is 65.2 Å². The second-order valence-electron chi connectivity index (χ2n) is 4.44. The highest BCUT2D eigenvalue weighted by molar-refractivity contribution is 6.30. The van der Waals surface area contributed by atoms with Crippen molar-refractivity contribution >= 4 is 17.5 Å². The first-order valence-electron chi connectivity index (χ1n) is 6.38. The van der Waals surface area contributed by atoms with E-state index in [1.807, 2.05) is 37.3 Å². The van der Waals surface area contributed by atoms with Crippen LogP contribution in [0.5, 0.6) is 5.75 Å². The average Bonchev–Trinajstić information content (AvgIpc) is 2.47. The smallest absolute Gasteiger partial charge is 0.258 e. The maximum Gasteiger partial charge on any atom is 0.258 e. The summed E-state index contributed by atoms with van der Waals surface area (Å²) in [5.74, 6) is 0.466. The number of hydrogen-bond donors (Lipinski definition) is 1.